The summed E-state index contributed by atoms with van der Waals surface area (Å²) in [6, 6.07) is 0. The van der Waals surface area contributed by atoms with Crippen LogP contribution in [0.1, 0.15) is 61.8 Å². The number of carboxylic acid groups (broad SMARTS) is 1. The maximum absolute atomic E-state index is 11.0. The first-order valence-electron chi connectivity index (χ1n) is 7.00. The highest BCUT2D eigenvalue weighted by Crippen LogP contribution is 2.27. The Morgan fingerprint density at radius 1 is 1.44 bits per heavy atom. The van der Waals surface area contributed by atoms with Crippen molar-refractivity contribution in [1.82, 2.24) is 9.55 Å². The van der Waals surface area contributed by atoms with Crippen LogP contribution in [0.25, 0.3) is 0 Å². The molecule has 0 bridgehead atoms. The first-order chi connectivity index (χ1) is 8.72. The van der Waals surface area contributed by atoms with E-state index in [0.717, 1.165) is 24.6 Å². The number of hydrogen-bond donors (Lipinski definition) is 1. The van der Waals surface area contributed by atoms with Gasteiger partial charge in [-0.3, -0.25) is 0 Å². The van der Waals surface area contributed by atoms with Crippen LogP contribution in [0.2, 0.25) is 0 Å². The Morgan fingerprint density at radius 3 is 2.78 bits per heavy atom. The molecule has 4 nitrogen and oxygen atoms in total. The molecule has 0 radical (unpaired) electrons. The molecule has 1 aromatic rings. The molecule has 1 heterocycles. The second-order valence-electron chi connectivity index (χ2n) is 5.15. The lowest BCUT2D eigenvalue weighted by Crippen LogP contribution is -2.12. The first kappa shape index (κ1) is 13.1. The van der Waals surface area contributed by atoms with Crippen molar-refractivity contribution in [3.8, 4) is 0 Å². The number of aromatic carboxylic acids is 1. The number of hydrogen-bond acceptors (Lipinski definition) is 2. The summed E-state index contributed by atoms with van der Waals surface area (Å²) in [6.07, 6.45) is 10.3. The van der Waals surface area contributed by atoms with Crippen LogP contribution in [-0.2, 0) is 13.0 Å². The Labute approximate surface area is 108 Å². The molecule has 0 spiro atoms. The van der Waals surface area contributed by atoms with Gasteiger partial charge in [-0.25, -0.2) is 9.78 Å². The van der Waals surface area contributed by atoms with E-state index in [1.807, 2.05) is 11.5 Å². The lowest BCUT2D eigenvalue weighted by Gasteiger charge is -2.21. The molecule has 18 heavy (non-hydrogen) atoms. The maximum Gasteiger partial charge on any atom is 0.354 e. The zero-order valence-corrected chi connectivity index (χ0v) is 11.1. The second kappa shape index (κ2) is 6.03. The molecule has 0 amide bonds. The number of nitrogens with zero attached hydrogens (tertiary/aromatic N) is 2. The Morgan fingerprint density at radius 2 is 2.17 bits per heavy atom. The SMILES string of the molecule is CCn1c(C(=O)O)cnc1CCC1CCCCC1. The minimum absolute atomic E-state index is 0.316. The Balaban J connectivity index is 1.98. The molecular formula is C14H22N2O2. The highest BCUT2D eigenvalue weighted by molar-refractivity contribution is 5.85. The van der Waals surface area contributed by atoms with E-state index in [2.05, 4.69) is 4.98 Å². The molecule has 0 unspecified atom stereocenters. The normalized spacial score (nSPS) is 16.9. The van der Waals surface area contributed by atoms with Gasteiger partial charge in [-0.15, -0.1) is 0 Å². The van der Waals surface area contributed by atoms with Gasteiger partial charge in [0.25, 0.3) is 0 Å². The summed E-state index contributed by atoms with van der Waals surface area (Å²) >= 11 is 0. The van der Waals surface area contributed by atoms with E-state index in [1.165, 1.54) is 38.3 Å². The van der Waals surface area contributed by atoms with Crippen LogP contribution in [0.4, 0.5) is 0 Å². The summed E-state index contributed by atoms with van der Waals surface area (Å²) in [5, 5.41) is 9.07. The van der Waals surface area contributed by atoms with Crippen LogP contribution in [0, 0.1) is 5.92 Å². The number of imidazole rings is 1. The third-order valence-corrected chi connectivity index (χ3v) is 3.97. The summed E-state index contributed by atoms with van der Waals surface area (Å²) in [7, 11) is 0. The van der Waals surface area contributed by atoms with Gasteiger partial charge in [0.05, 0.1) is 6.20 Å². The van der Waals surface area contributed by atoms with Gasteiger partial charge in [-0.2, -0.15) is 0 Å². The van der Waals surface area contributed by atoms with Crippen LogP contribution in [-0.4, -0.2) is 20.6 Å². The summed E-state index contributed by atoms with van der Waals surface area (Å²) in [5.41, 5.74) is 0.316. The van der Waals surface area contributed by atoms with E-state index < -0.39 is 5.97 Å². The summed E-state index contributed by atoms with van der Waals surface area (Å²) in [5.74, 6) is 0.864. The Hall–Kier alpha value is -1.32. The van der Waals surface area contributed by atoms with Crippen molar-refractivity contribution in [3.63, 3.8) is 0 Å². The fourth-order valence-electron chi connectivity index (χ4n) is 2.95. The topological polar surface area (TPSA) is 55.1 Å². The van der Waals surface area contributed by atoms with Gasteiger partial charge in [-0.1, -0.05) is 32.1 Å². The molecule has 100 valence electrons. The van der Waals surface area contributed by atoms with Crippen molar-refractivity contribution >= 4 is 5.97 Å². The molecule has 1 saturated carbocycles. The van der Waals surface area contributed by atoms with Gasteiger partial charge in [0, 0.05) is 13.0 Å². The minimum atomic E-state index is -0.881. The van der Waals surface area contributed by atoms with E-state index >= 15 is 0 Å². The summed E-state index contributed by atoms with van der Waals surface area (Å²) < 4.78 is 1.82. The summed E-state index contributed by atoms with van der Waals surface area (Å²) in [4.78, 5) is 15.3. The molecule has 4 heteroatoms. The molecule has 0 aromatic carbocycles. The van der Waals surface area contributed by atoms with E-state index in [9.17, 15) is 4.79 Å². The minimum Gasteiger partial charge on any atom is -0.477 e. The zero-order chi connectivity index (χ0) is 13.0. The predicted molar refractivity (Wildman–Crippen MR) is 69.8 cm³/mol. The Kier molecular flexibility index (Phi) is 4.39. The van der Waals surface area contributed by atoms with Gasteiger partial charge >= 0.3 is 5.97 Å². The summed E-state index contributed by atoms with van der Waals surface area (Å²) in [6.45, 7) is 2.65. The third-order valence-electron chi connectivity index (χ3n) is 3.97. The Bertz CT molecular complexity index is 406. The third kappa shape index (κ3) is 2.92. The van der Waals surface area contributed by atoms with Crippen LogP contribution in [0.5, 0.6) is 0 Å². The van der Waals surface area contributed by atoms with Crippen molar-refractivity contribution in [1.29, 1.82) is 0 Å². The quantitative estimate of drug-likeness (QED) is 0.873. The molecule has 0 saturated heterocycles. The van der Waals surface area contributed by atoms with Gasteiger partial charge in [0.1, 0.15) is 11.5 Å². The van der Waals surface area contributed by atoms with Crippen LogP contribution < -0.4 is 0 Å². The number of rotatable bonds is 5. The zero-order valence-electron chi connectivity index (χ0n) is 11.1. The van der Waals surface area contributed by atoms with Crippen molar-refractivity contribution in [2.45, 2.75) is 58.4 Å². The molecule has 1 N–H and O–H groups in total. The van der Waals surface area contributed by atoms with E-state index in [0.29, 0.717) is 12.2 Å². The predicted octanol–water partition coefficient (Wildman–Crippen LogP) is 3.11. The number of carboxylic acids is 1. The van der Waals surface area contributed by atoms with Gasteiger partial charge in [0.2, 0.25) is 0 Å². The molecule has 2 rings (SSSR count). The highest BCUT2D eigenvalue weighted by atomic mass is 16.4. The van der Waals surface area contributed by atoms with Gasteiger partial charge < -0.3 is 9.67 Å². The lowest BCUT2D eigenvalue weighted by molar-refractivity contribution is 0.0685. The number of carbonyl (C=O) groups is 1. The van der Waals surface area contributed by atoms with Crippen molar-refractivity contribution in [2.75, 3.05) is 0 Å². The molecule has 1 aliphatic rings. The average Bonchev–Trinajstić information content (AvgIpc) is 2.80. The maximum atomic E-state index is 11.0. The van der Waals surface area contributed by atoms with Crippen LogP contribution in [0.15, 0.2) is 6.20 Å². The van der Waals surface area contributed by atoms with E-state index in [-0.39, 0.29) is 0 Å². The second-order valence-corrected chi connectivity index (χ2v) is 5.15. The highest BCUT2D eigenvalue weighted by Gasteiger charge is 2.17. The van der Waals surface area contributed by atoms with Gasteiger partial charge in [-0.05, 0) is 19.3 Å². The van der Waals surface area contributed by atoms with E-state index in [1.54, 1.807) is 0 Å². The molecule has 0 aliphatic heterocycles. The van der Waals surface area contributed by atoms with E-state index in [4.69, 9.17) is 5.11 Å². The monoisotopic (exact) mass is 250 g/mol. The molecule has 1 fully saturated rings. The fraction of sp³-hybridized carbons (Fsp3) is 0.714. The largest absolute Gasteiger partial charge is 0.477 e. The van der Waals surface area contributed by atoms with Crippen molar-refractivity contribution in [2.24, 2.45) is 5.92 Å². The van der Waals surface area contributed by atoms with Gasteiger partial charge in [0.15, 0.2) is 0 Å². The van der Waals surface area contributed by atoms with Crippen molar-refractivity contribution in [3.05, 3.63) is 17.7 Å². The smallest absolute Gasteiger partial charge is 0.354 e. The fourth-order valence-corrected chi connectivity index (χ4v) is 2.95. The molecule has 0 atom stereocenters. The van der Waals surface area contributed by atoms with Crippen LogP contribution >= 0.6 is 0 Å². The lowest BCUT2D eigenvalue weighted by atomic mass is 9.86. The molecule has 1 aliphatic carbocycles. The van der Waals surface area contributed by atoms with Crippen LogP contribution in [0.3, 0.4) is 0 Å². The molecule has 1 aromatic heterocycles. The first-order valence-corrected chi connectivity index (χ1v) is 7.00. The molecular weight excluding hydrogens is 228 g/mol. The average molecular weight is 250 g/mol. The number of aromatic nitrogens is 2. The number of aryl methyl sites for hydroxylation is 1. The van der Waals surface area contributed by atoms with Crippen molar-refractivity contribution < 1.29 is 9.90 Å². The standard InChI is InChI=1S/C14H22N2O2/c1-2-16-12(14(17)18)10-15-13(16)9-8-11-6-4-3-5-7-11/h10-11H,2-9H2,1H3,(H,17,18).